The highest BCUT2D eigenvalue weighted by atomic mass is 32.1. The summed E-state index contributed by atoms with van der Waals surface area (Å²) in [6.07, 6.45) is 3.13. The van der Waals surface area contributed by atoms with E-state index in [0.717, 1.165) is 12.2 Å². The van der Waals surface area contributed by atoms with Crippen LogP contribution in [0.2, 0.25) is 0 Å². The predicted octanol–water partition coefficient (Wildman–Crippen LogP) is 3.58. The quantitative estimate of drug-likeness (QED) is 0.939. The smallest absolute Gasteiger partial charge is 0.408 e. The Hall–Kier alpha value is -1.82. The van der Waals surface area contributed by atoms with Crippen LogP contribution in [0.4, 0.5) is 4.79 Å². The zero-order valence-corrected chi connectivity index (χ0v) is 13.6. The number of rotatable bonds is 4. The number of hydrogen-bond donors (Lipinski definition) is 1. The van der Waals surface area contributed by atoms with E-state index in [1.807, 2.05) is 37.6 Å². The fourth-order valence-electron chi connectivity index (χ4n) is 1.96. The number of ether oxygens (including phenoxy) is 1. The van der Waals surface area contributed by atoms with Gasteiger partial charge < -0.3 is 14.6 Å². The van der Waals surface area contributed by atoms with Gasteiger partial charge in [0.05, 0.1) is 24.3 Å². The second-order valence-electron chi connectivity index (χ2n) is 5.95. The largest absolute Gasteiger partial charge is 0.444 e. The molecule has 0 saturated heterocycles. The predicted molar refractivity (Wildman–Crippen MR) is 83.4 cm³/mol. The molecule has 2 aromatic heterocycles. The molecule has 0 saturated carbocycles. The molecule has 5 nitrogen and oxygen atoms in total. The van der Waals surface area contributed by atoms with Gasteiger partial charge in [0, 0.05) is 6.54 Å². The van der Waals surface area contributed by atoms with Crippen LogP contribution in [0, 0.1) is 0 Å². The number of aromatic nitrogens is 2. The normalized spacial score (nSPS) is 13.0. The van der Waals surface area contributed by atoms with E-state index in [1.54, 1.807) is 23.9 Å². The van der Waals surface area contributed by atoms with E-state index >= 15 is 0 Å². The van der Waals surface area contributed by atoms with Gasteiger partial charge in [-0.15, -0.1) is 0 Å². The Labute approximate surface area is 129 Å². The van der Waals surface area contributed by atoms with Gasteiger partial charge in [-0.1, -0.05) is 0 Å². The van der Waals surface area contributed by atoms with Crippen LogP contribution in [0.3, 0.4) is 0 Å². The van der Waals surface area contributed by atoms with E-state index < -0.39 is 11.7 Å². The summed E-state index contributed by atoms with van der Waals surface area (Å²) in [5.41, 5.74) is 1.68. The Bertz CT molecular complexity index is 584. The zero-order chi connectivity index (χ0) is 15.5. The molecule has 2 heterocycles. The average molecular weight is 307 g/mol. The van der Waals surface area contributed by atoms with Gasteiger partial charge in [0.2, 0.25) is 0 Å². The Morgan fingerprint density at radius 1 is 1.52 bits per heavy atom. The van der Waals surface area contributed by atoms with E-state index in [0.29, 0.717) is 0 Å². The number of nitrogens with one attached hydrogen (secondary N) is 1. The fraction of sp³-hybridized carbons (Fsp3) is 0.467. The number of amides is 1. The van der Waals surface area contributed by atoms with Crippen LogP contribution in [0.25, 0.3) is 0 Å². The van der Waals surface area contributed by atoms with Crippen LogP contribution in [0.5, 0.6) is 0 Å². The maximum absolute atomic E-state index is 11.8. The lowest BCUT2D eigenvalue weighted by Crippen LogP contribution is -2.34. The summed E-state index contributed by atoms with van der Waals surface area (Å²) < 4.78 is 7.31. The van der Waals surface area contributed by atoms with Crippen molar-refractivity contribution in [3.05, 3.63) is 40.6 Å². The number of hydrogen-bond acceptors (Lipinski definition) is 4. The van der Waals surface area contributed by atoms with Gasteiger partial charge in [-0.3, -0.25) is 0 Å². The summed E-state index contributed by atoms with van der Waals surface area (Å²) in [5.74, 6) is 0. The molecule has 0 aromatic carbocycles. The number of carbonyl (C=O) groups is 1. The number of nitrogens with zero attached hydrogens (tertiary/aromatic N) is 2. The molecule has 0 unspecified atom stereocenters. The molecule has 0 aliphatic heterocycles. The lowest BCUT2D eigenvalue weighted by atomic mass is 10.2. The number of thiophene rings is 1. The third-order valence-electron chi connectivity index (χ3n) is 2.85. The average Bonchev–Trinajstić information content (AvgIpc) is 2.97. The fourth-order valence-corrected chi connectivity index (χ4v) is 2.62. The minimum absolute atomic E-state index is 0.166. The molecule has 1 atom stereocenters. The molecule has 0 radical (unpaired) electrons. The van der Waals surface area contributed by atoms with Crippen molar-refractivity contribution in [2.75, 3.05) is 0 Å². The van der Waals surface area contributed by atoms with Crippen molar-refractivity contribution in [1.29, 1.82) is 0 Å². The Balaban J connectivity index is 2.01. The van der Waals surface area contributed by atoms with Gasteiger partial charge >= 0.3 is 6.09 Å². The van der Waals surface area contributed by atoms with Crippen molar-refractivity contribution in [2.24, 2.45) is 0 Å². The summed E-state index contributed by atoms with van der Waals surface area (Å²) in [4.78, 5) is 16.0. The summed E-state index contributed by atoms with van der Waals surface area (Å²) in [6.45, 7) is 8.21. The number of alkyl carbamates (subject to hydrolysis) is 1. The first-order valence-electron chi connectivity index (χ1n) is 6.86. The highest BCUT2D eigenvalue weighted by Gasteiger charge is 2.19. The molecule has 0 fully saturated rings. The van der Waals surface area contributed by atoms with Crippen molar-refractivity contribution in [2.45, 2.75) is 45.9 Å². The molecular formula is C15H21N3O2S. The summed E-state index contributed by atoms with van der Waals surface area (Å²) in [6, 6.07) is 1.92. The molecule has 0 spiro atoms. The van der Waals surface area contributed by atoms with E-state index in [4.69, 9.17) is 4.74 Å². The van der Waals surface area contributed by atoms with Crippen LogP contribution in [-0.4, -0.2) is 21.2 Å². The standard InChI is InChI=1S/C15H21N3O2S/c1-11(17-14(19)20-15(2,3)4)13-7-16-10-18(13)8-12-5-6-21-9-12/h5-7,9-11H,8H2,1-4H3,(H,17,19)/t11-/m1/s1. The van der Waals surface area contributed by atoms with Gasteiger partial charge in [-0.2, -0.15) is 11.3 Å². The van der Waals surface area contributed by atoms with Crippen LogP contribution in [-0.2, 0) is 11.3 Å². The summed E-state index contributed by atoms with van der Waals surface area (Å²) in [5, 5.41) is 7.00. The Kier molecular flexibility index (Phi) is 4.67. The molecule has 21 heavy (non-hydrogen) atoms. The van der Waals surface area contributed by atoms with E-state index in [9.17, 15) is 4.79 Å². The van der Waals surface area contributed by atoms with Crippen LogP contribution in [0.1, 0.15) is 45.0 Å². The topological polar surface area (TPSA) is 56.1 Å². The minimum atomic E-state index is -0.499. The third-order valence-corrected chi connectivity index (χ3v) is 3.59. The van der Waals surface area contributed by atoms with Gasteiger partial charge in [-0.25, -0.2) is 9.78 Å². The molecule has 114 valence electrons. The maximum atomic E-state index is 11.8. The van der Waals surface area contributed by atoms with Crippen molar-refractivity contribution in [3.8, 4) is 0 Å². The molecule has 2 aromatic rings. The first kappa shape index (κ1) is 15.6. The monoisotopic (exact) mass is 307 g/mol. The van der Waals surface area contributed by atoms with Gasteiger partial charge in [0.1, 0.15) is 5.60 Å². The number of carbonyl (C=O) groups excluding carboxylic acids is 1. The zero-order valence-electron chi connectivity index (χ0n) is 12.8. The van der Waals surface area contributed by atoms with Crippen molar-refractivity contribution in [1.82, 2.24) is 14.9 Å². The molecule has 1 N–H and O–H groups in total. The van der Waals surface area contributed by atoms with Gasteiger partial charge in [0.15, 0.2) is 0 Å². The van der Waals surface area contributed by atoms with Gasteiger partial charge in [-0.05, 0) is 50.1 Å². The van der Waals surface area contributed by atoms with Crippen molar-refractivity contribution >= 4 is 17.4 Å². The van der Waals surface area contributed by atoms with Crippen LogP contribution < -0.4 is 5.32 Å². The molecule has 6 heteroatoms. The third kappa shape index (κ3) is 4.60. The highest BCUT2D eigenvalue weighted by molar-refractivity contribution is 7.07. The first-order valence-corrected chi connectivity index (χ1v) is 7.80. The molecule has 1 amide bonds. The van der Waals surface area contributed by atoms with Crippen LogP contribution in [0.15, 0.2) is 29.4 Å². The van der Waals surface area contributed by atoms with Crippen LogP contribution >= 0.6 is 11.3 Å². The second-order valence-corrected chi connectivity index (χ2v) is 6.73. The van der Waals surface area contributed by atoms with E-state index in [2.05, 4.69) is 21.7 Å². The van der Waals surface area contributed by atoms with Gasteiger partial charge in [0.25, 0.3) is 0 Å². The van der Waals surface area contributed by atoms with Crippen molar-refractivity contribution in [3.63, 3.8) is 0 Å². The van der Waals surface area contributed by atoms with E-state index in [1.165, 1.54) is 5.56 Å². The molecule has 0 aliphatic carbocycles. The Morgan fingerprint density at radius 3 is 2.90 bits per heavy atom. The lowest BCUT2D eigenvalue weighted by Gasteiger charge is -2.22. The SMILES string of the molecule is C[C@@H](NC(=O)OC(C)(C)C)c1cncn1Cc1ccsc1. The molecule has 0 bridgehead atoms. The maximum Gasteiger partial charge on any atom is 0.408 e. The first-order chi connectivity index (χ1) is 9.85. The van der Waals surface area contributed by atoms with E-state index in [-0.39, 0.29) is 6.04 Å². The lowest BCUT2D eigenvalue weighted by molar-refractivity contribution is 0.0506. The number of imidazole rings is 1. The summed E-state index contributed by atoms with van der Waals surface area (Å²) >= 11 is 1.67. The second kappa shape index (κ2) is 6.30. The minimum Gasteiger partial charge on any atom is -0.444 e. The Morgan fingerprint density at radius 2 is 2.29 bits per heavy atom. The molecule has 0 aliphatic rings. The molecular weight excluding hydrogens is 286 g/mol. The molecule has 2 rings (SSSR count). The summed E-state index contributed by atoms with van der Waals surface area (Å²) in [7, 11) is 0. The highest BCUT2D eigenvalue weighted by Crippen LogP contribution is 2.16. The van der Waals surface area contributed by atoms with Crippen molar-refractivity contribution < 1.29 is 9.53 Å².